The minimum absolute atomic E-state index is 0.0768. The Morgan fingerprint density at radius 2 is 1.64 bits per heavy atom. The number of carbonyl (C=O) groups is 3. The van der Waals surface area contributed by atoms with Crippen molar-refractivity contribution in [2.75, 3.05) is 17.7 Å². The van der Waals surface area contributed by atoms with Crippen molar-refractivity contribution in [2.24, 2.45) is 0 Å². The van der Waals surface area contributed by atoms with Crippen LogP contribution in [-0.2, 0) is 11.2 Å². The van der Waals surface area contributed by atoms with Gasteiger partial charge in [-0.3, -0.25) is 14.4 Å². The third kappa shape index (κ3) is 4.83. The Morgan fingerprint density at radius 1 is 0.893 bits per heavy atom. The quantitative estimate of drug-likeness (QED) is 0.599. The van der Waals surface area contributed by atoms with E-state index in [4.69, 9.17) is 0 Å². The van der Waals surface area contributed by atoms with E-state index in [2.05, 4.69) is 16.0 Å². The van der Waals surface area contributed by atoms with Crippen LogP contribution >= 0.6 is 11.3 Å². The number of carbonyl (C=O) groups excluding carboxylic acids is 3. The molecule has 0 bridgehead atoms. The second-order valence-electron chi connectivity index (χ2n) is 6.01. The number of nitrogens with one attached hydrogen (secondary N) is 3. The number of anilines is 2. The van der Waals surface area contributed by atoms with Crippen molar-refractivity contribution in [1.29, 1.82) is 0 Å². The van der Waals surface area contributed by atoms with E-state index in [1.165, 1.54) is 11.3 Å². The largest absolute Gasteiger partial charge is 0.359 e. The zero-order chi connectivity index (χ0) is 19.9. The molecule has 0 atom stereocenters. The molecule has 0 fully saturated rings. The topological polar surface area (TPSA) is 87.3 Å². The normalized spacial score (nSPS) is 10.2. The van der Waals surface area contributed by atoms with Gasteiger partial charge in [-0.15, -0.1) is 0 Å². The molecule has 0 unspecified atom stereocenters. The van der Waals surface area contributed by atoms with Crippen molar-refractivity contribution < 1.29 is 14.4 Å². The number of hydrogen-bond donors (Lipinski definition) is 3. The molecule has 0 saturated heterocycles. The molecule has 6 nitrogen and oxygen atoms in total. The number of para-hydroxylation sites is 1. The molecule has 0 radical (unpaired) electrons. The third-order valence-corrected chi connectivity index (χ3v) is 4.74. The van der Waals surface area contributed by atoms with Gasteiger partial charge in [-0.05, 0) is 41.3 Å². The third-order valence-electron chi connectivity index (χ3n) is 4.06. The Hall–Kier alpha value is -3.45. The van der Waals surface area contributed by atoms with Crippen molar-refractivity contribution in [3.63, 3.8) is 0 Å². The van der Waals surface area contributed by atoms with Gasteiger partial charge in [0.25, 0.3) is 11.8 Å². The summed E-state index contributed by atoms with van der Waals surface area (Å²) >= 11 is 1.43. The number of rotatable bonds is 6. The van der Waals surface area contributed by atoms with Crippen LogP contribution in [0.1, 0.15) is 26.3 Å². The molecule has 3 aromatic rings. The van der Waals surface area contributed by atoms with Crippen molar-refractivity contribution in [3.8, 4) is 0 Å². The van der Waals surface area contributed by atoms with Gasteiger partial charge in [-0.1, -0.05) is 24.3 Å². The summed E-state index contributed by atoms with van der Waals surface area (Å²) in [7, 11) is 1.59. The molecular formula is C21H19N3O3S. The molecule has 2 aromatic carbocycles. The molecule has 142 valence electrons. The van der Waals surface area contributed by atoms with Gasteiger partial charge in [0.1, 0.15) is 0 Å². The van der Waals surface area contributed by atoms with Crippen LogP contribution in [0.2, 0.25) is 0 Å². The van der Waals surface area contributed by atoms with Gasteiger partial charge in [0, 0.05) is 18.1 Å². The van der Waals surface area contributed by atoms with E-state index in [9.17, 15) is 14.4 Å². The first-order chi connectivity index (χ1) is 13.6. The first kappa shape index (κ1) is 19.3. The fraction of sp³-hybridized carbons (Fsp3) is 0.0952. The summed E-state index contributed by atoms with van der Waals surface area (Å²) in [6, 6.07) is 15.6. The average molecular weight is 393 g/mol. The first-order valence-corrected chi connectivity index (χ1v) is 9.54. The minimum Gasteiger partial charge on any atom is -0.359 e. The predicted octanol–water partition coefficient (Wildman–Crippen LogP) is 3.54. The Balaban J connectivity index is 1.71. The van der Waals surface area contributed by atoms with Crippen molar-refractivity contribution in [2.45, 2.75) is 6.42 Å². The highest BCUT2D eigenvalue weighted by Gasteiger charge is 2.14. The minimum atomic E-state index is -0.333. The van der Waals surface area contributed by atoms with Crippen LogP contribution in [0.5, 0.6) is 0 Å². The second kappa shape index (κ2) is 8.96. The van der Waals surface area contributed by atoms with Crippen molar-refractivity contribution in [3.05, 3.63) is 82.0 Å². The summed E-state index contributed by atoms with van der Waals surface area (Å²) in [6.07, 6.45) is 0.280. The molecule has 3 amide bonds. The summed E-state index contributed by atoms with van der Waals surface area (Å²) in [5.74, 6) is -0.674. The first-order valence-electron chi connectivity index (χ1n) is 8.60. The fourth-order valence-corrected chi connectivity index (χ4v) is 3.19. The van der Waals surface area contributed by atoms with Crippen LogP contribution in [0, 0.1) is 0 Å². The predicted molar refractivity (Wildman–Crippen MR) is 111 cm³/mol. The number of likely N-dealkylation sites (N-methyl/N-ethyl adjacent to an activating group) is 1. The summed E-state index contributed by atoms with van der Waals surface area (Å²) in [5, 5.41) is 11.7. The van der Waals surface area contributed by atoms with E-state index in [-0.39, 0.29) is 24.1 Å². The molecule has 3 rings (SSSR count). The summed E-state index contributed by atoms with van der Waals surface area (Å²) in [4.78, 5) is 36.4. The number of hydrogen-bond acceptors (Lipinski definition) is 4. The van der Waals surface area contributed by atoms with Crippen LogP contribution in [0.25, 0.3) is 0 Å². The van der Waals surface area contributed by atoms with Gasteiger partial charge in [-0.25, -0.2) is 0 Å². The highest BCUT2D eigenvalue weighted by molar-refractivity contribution is 7.08. The van der Waals surface area contributed by atoms with E-state index >= 15 is 0 Å². The maximum atomic E-state index is 12.7. The molecule has 3 N–H and O–H groups in total. The van der Waals surface area contributed by atoms with E-state index in [1.807, 2.05) is 5.38 Å². The lowest BCUT2D eigenvalue weighted by Crippen LogP contribution is -2.20. The van der Waals surface area contributed by atoms with Gasteiger partial charge in [0.05, 0.1) is 23.2 Å². The van der Waals surface area contributed by atoms with Crippen LogP contribution < -0.4 is 16.0 Å². The Morgan fingerprint density at radius 3 is 2.32 bits per heavy atom. The molecule has 0 aliphatic rings. The molecule has 0 aliphatic carbocycles. The SMILES string of the molecule is CNC(=O)Cc1ccc(NC(=O)c2ccccc2NC(=O)c2ccsc2)cc1. The Labute approximate surface area is 166 Å². The van der Waals surface area contributed by atoms with Crippen LogP contribution in [0.15, 0.2) is 65.4 Å². The van der Waals surface area contributed by atoms with E-state index < -0.39 is 0 Å². The van der Waals surface area contributed by atoms with E-state index in [0.29, 0.717) is 22.5 Å². The molecular weight excluding hydrogens is 374 g/mol. The monoisotopic (exact) mass is 393 g/mol. The molecule has 1 aromatic heterocycles. The number of thiophene rings is 1. The lowest BCUT2D eigenvalue weighted by Gasteiger charge is -2.11. The molecule has 0 saturated carbocycles. The maximum Gasteiger partial charge on any atom is 0.257 e. The summed E-state index contributed by atoms with van der Waals surface area (Å²) < 4.78 is 0. The van der Waals surface area contributed by atoms with Crippen LogP contribution in [0.4, 0.5) is 11.4 Å². The lowest BCUT2D eigenvalue weighted by atomic mass is 10.1. The van der Waals surface area contributed by atoms with E-state index in [0.717, 1.165) is 5.56 Å². The molecule has 0 spiro atoms. The van der Waals surface area contributed by atoms with Crippen molar-refractivity contribution >= 4 is 40.4 Å². The summed E-state index contributed by atoms with van der Waals surface area (Å²) in [6.45, 7) is 0. The Kier molecular flexibility index (Phi) is 6.18. The van der Waals surface area contributed by atoms with Gasteiger partial charge in [0.15, 0.2) is 0 Å². The summed E-state index contributed by atoms with van der Waals surface area (Å²) in [5.41, 5.74) is 2.80. The molecule has 28 heavy (non-hydrogen) atoms. The number of benzene rings is 2. The number of amides is 3. The van der Waals surface area contributed by atoms with Crippen LogP contribution in [0.3, 0.4) is 0 Å². The maximum absolute atomic E-state index is 12.7. The zero-order valence-electron chi connectivity index (χ0n) is 15.2. The Bertz CT molecular complexity index is 982. The average Bonchev–Trinajstić information content (AvgIpc) is 3.25. The van der Waals surface area contributed by atoms with E-state index in [1.54, 1.807) is 67.0 Å². The molecule has 0 aliphatic heterocycles. The zero-order valence-corrected chi connectivity index (χ0v) is 16.0. The molecule has 1 heterocycles. The van der Waals surface area contributed by atoms with Gasteiger partial charge in [0.2, 0.25) is 5.91 Å². The second-order valence-corrected chi connectivity index (χ2v) is 6.79. The van der Waals surface area contributed by atoms with Gasteiger partial charge >= 0.3 is 0 Å². The fourth-order valence-electron chi connectivity index (χ4n) is 2.56. The highest BCUT2D eigenvalue weighted by Crippen LogP contribution is 2.19. The van der Waals surface area contributed by atoms with Crippen molar-refractivity contribution in [1.82, 2.24) is 5.32 Å². The van der Waals surface area contributed by atoms with Crippen LogP contribution in [-0.4, -0.2) is 24.8 Å². The van der Waals surface area contributed by atoms with Gasteiger partial charge < -0.3 is 16.0 Å². The lowest BCUT2D eigenvalue weighted by molar-refractivity contribution is -0.119. The standard InChI is InChI=1S/C21H19N3O3S/c1-22-19(25)12-14-6-8-16(9-7-14)23-21(27)17-4-2-3-5-18(17)24-20(26)15-10-11-28-13-15/h2-11,13H,12H2,1H3,(H,22,25)(H,23,27)(H,24,26). The highest BCUT2D eigenvalue weighted by atomic mass is 32.1. The molecule has 7 heteroatoms. The smallest absolute Gasteiger partial charge is 0.257 e. The van der Waals surface area contributed by atoms with Gasteiger partial charge in [-0.2, -0.15) is 11.3 Å².